The average molecular weight is 237 g/mol. The normalized spacial score (nSPS) is 19.9. The summed E-state index contributed by atoms with van der Waals surface area (Å²) in [6.07, 6.45) is 1.10. The SMILES string of the molecule is COc1cc(F)c(C(C)C)cc1C1CCNC1. The predicted molar refractivity (Wildman–Crippen MR) is 67.3 cm³/mol. The van der Waals surface area contributed by atoms with Crippen LogP contribution in [0.2, 0.25) is 0 Å². The molecule has 0 saturated carbocycles. The van der Waals surface area contributed by atoms with E-state index in [2.05, 4.69) is 5.32 Å². The van der Waals surface area contributed by atoms with Gasteiger partial charge in [-0.1, -0.05) is 13.8 Å². The fourth-order valence-corrected chi connectivity index (χ4v) is 2.45. The van der Waals surface area contributed by atoms with Crippen molar-refractivity contribution in [3.63, 3.8) is 0 Å². The first kappa shape index (κ1) is 12.4. The van der Waals surface area contributed by atoms with E-state index >= 15 is 0 Å². The highest BCUT2D eigenvalue weighted by molar-refractivity contribution is 5.42. The number of halogens is 1. The Morgan fingerprint density at radius 2 is 2.18 bits per heavy atom. The molecule has 3 heteroatoms. The van der Waals surface area contributed by atoms with Gasteiger partial charge in [0, 0.05) is 18.5 Å². The lowest BCUT2D eigenvalue weighted by Crippen LogP contribution is -2.09. The Morgan fingerprint density at radius 1 is 1.41 bits per heavy atom. The van der Waals surface area contributed by atoms with Gasteiger partial charge in [-0.15, -0.1) is 0 Å². The molecule has 1 aromatic carbocycles. The maximum Gasteiger partial charge on any atom is 0.130 e. The van der Waals surface area contributed by atoms with Crippen LogP contribution in [0.1, 0.15) is 43.2 Å². The fourth-order valence-electron chi connectivity index (χ4n) is 2.45. The summed E-state index contributed by atoms with van der Waals surface area (Å²) in [6.45, 7) is 6.02. The Morgan fingerprint density at radius 3 is 2.71 bits per heavy atom. The third-order valence-electron chi connectivity index (χ3n) is 3.47. The third-order valence-corrected chi connectivity index (χ3v) is 3.47. The Hall–Kier alpha value is -1.09. The molecule has 1 N–H and O–H groups in total. The van der Waals surface area contributed by atoms with Gasteiger partial charge in [0.15, 0.2) is 0 Å². The molecule has 0 radical (unpaired) electrons. The molecule has 0 spiro atoms. The molecule has 94 valence electrons. The Labute approximate surface area is 102 Å². The summed E-state index contributed by atoms with van der Waals surface area (Å²) in [5, 5.41) is 3.34. The van der Waals surface area contributed by atoms with Crippen molar-refractivity contribution in [3.8, 4) is 5.75 Å². The molecule has 1 aliphatic rings. The predicted octanol–water partition coefficient (Wildman–Crippen LogP) is 3.03. The fraction of sp³-hybridized carbons (Fsp3) is 0.571. The zero-order chi connectivity index (χ0) is 12.4. The molecule has 1 saturated heterocycles. The maximum atomic E-state index is 13.9. The zero-order valence-electron chi connectivity index (χ0n) is 10.7. The van der Waals surface area contributed by atoms with Gasteiger partial charge < -0.3 is 10.1 Å². The van der Waals surface area contributed by atoms with Crippen molar-refractivity contribution in [2.75, 3.05) is 20.2 Å². The first-order chi connectivity index (χ1) is 8.13. The largest absolute Gasteiger partial charge is 0.496 e. The molecule has 0 aliphatic carbocycles. The molecule has 2 nitrogen and oxygen atoms in total. The van der Waals surface area contributed by atoms with E-state index in [1.165, 1.54) is 6.07 Å². The smallest absolute Gasteiger partial charge is 0.130 e. The van der Waals surface area contributed by atoms with E-state index in [0.29, 0.717) is 11.7 Å². The number of ether oxygens (including phenoxy) is 1. The molecule has 1 heterocycles. The van der Waals surface area contributed by atoms with Crippen molar-refractivity contribution in [1.82, 2.24) is 5.32 Å². The number of benzene rings is 1. The van der Waals surface area contributed by atoms with E-state index in [4.69, 9.17) is 4.74 Å². The van der Waals surface area contributed by atoms with Gasteiger partial charge in [-0.2, -0.15) is 0 Å². The lowest BCUT2D eigenvalue weighted by atomic mass is 9.92. The second-order valence-corrected chi connectivity index (χ2v) is 4.96. The summed E-state index contributed by atoms with van der Waals surface area (Å²) in [4.78, 5) is 0. The molecule has 1 aromatic rings. The van der Waals surface area contributed by atoms with Crippen LogP contribution in [0, 0.1) is 5.82 Å². The molecule has 1 fully saturated rings. The van der Waals surface area contributed by atoms with Crippen LogP contribution in [0.25, 0.3) is 0 Å². The van der Waals surface area contributed by atoms with Gasteiger partial charge in [-0.3, -0.25) is 0 Å². The van der Waals surface area contributed by atoms with Gasteiger partial charge in [-0.25, -0.2) is 4.39 Å². The van der Waals surface area contributed by atoms with Crippen LogP contribution in [0.15, 0.2) is 12.1 Å². The zero-order valence-corrected chi connectivity index (χ0v) is 10.7. The molecule has 2 rings (SSSR count). The number of methoxy groups -OCH3 is 1. The number of hydrogen-bond donors (Lipinski definition) is 1. The highest BCUT2D eigenvalue weighted by Gasteiger charge is 2.22. The minimum atomic E-state index is -0.161. The second kappa shape index (κ2) is 5.05. The van der Waals surface area contributed by atoms with Gasteiger partial charge in [0.25, 0.3) is 0 Å². The van der Waals surface area contributed by atoms with E-state index in [1.807, 2.05) is 19.9 Å². The van der Waals surface area contributed by atoms with Crippen LogP contribution < -0.4 is 10.1 Å². The highest BCUT2D eigenvalue weighted by Crippen LogP contribution is 2.34. The van der Waals surface area contributed by atoms with Crippen molar-refractivity contribution in [1.29, 1.82) is 0 Å². The van der Waals surface area contributed by atoms with Gasteiger partial charge >= 0.3 is 0 Å². The molecule has 0 bridgehead atoms. The topological polar surface area (TPSA) is 21.3 Å². The van der Waals surface area contributed by atoms with E-state index in [0.717, 1.165) is 30.6 Å². The summed E-state index contributed by atoms with van der Waals surface area (Å²) in [5.74, 6) is 1.17. The van der Waals surface area contributed by atoms with E-state index in [9.17, 15) is 4.39 Å². The van der Waals surface area contributed by atoms with Gasteiger partial charge in [-0.05, 0) is 36.1 Å². The summed E-state index contributed by atoms with van der Waals surface area (Å²) in [5.41, 5.74) is 1.93. The van der Waals surface area contributed by atoms with Crippen molar-refractivity contribution in [2.24, 2.45) is 0 Å². The van der Waals surface area contributed by atoms with Crippen LogP contribution in [-0.4, -0.2) is 20.2 Å². The molecule has 1 unspecified atom stereocenters. The highest BCUT2D eigenvalue weighted by atomic mass is 19.1. The van der Waals surface area contributed by atoms with Crippen molar-refractivity contribution >= 4 is 0 Å². The Kier molecular flexibility index (Phi) is 3.67. The second-order valence-electron chi connectivity index (χ2n) is 4.96. The molecule has 1 atom stereocenters. The first-order valence-electron chi connectivity index (χ1n) is 6.21. The van der Waals surface area contributed by atoms with Gasteiger partial charge in [0.2, 0.25) is 0 Å². The quantitative estimate of drug-likeness (QED) is 0.872. The van der Waals surface area contributed by atoms with Crippen LogP contribution in [0.5, 0.6) is 5.75 Å². The molecule has 17 heavy (non-hydrogen) atoms. The lowest BCUT2D eigenvalue weighted by molar-refractivity contribution is 0.401. The molecule has 0 amide bonds. The van der Waals surface area contributed by atoms with Crippen LogP contribution in [0.3, 0.4) is 0 Å². The third kappa shape index (κ3) is 2.44. The lowest BCUT2D eigenvalue weighted by Gasteiger charge is -2.17. The monoisotopic (exact) mass is 237 g/mol. The van der Waals surface area contributed by atoms with Crippen molar-refractivity contribution in [3.05, 3.63) is 29.1 Å². The van der Waals surface area contributed by atoms with Crippen LogP contribution in [0.4, 0.5) is 4.39 Å². The van der Waals surface area contributed by atoms with E-state index < -0.39 is 0 Å². The number of nitrogens with one attached hydrogen (secondary N) is 1. The summed E-state index contributed by atoms with van der Waals surface area (Å²) in [7, 11) is 1.61. The minimum Gasteiger partial charge on any atom is -0.496 e. The Bertz CT molecular complexity index is 397. The number of rotatable bonds is 3. The summed E-state index contributed by atoms with van der Waals surface area (Å²) >= 11 is 0. The van der Waals surface area contributed by atoms with Gasteiger partial charge in [0.05, 0.1) is 7.11 Å². The van der Waals surface area contributed by atoms with Crippen LogP contribution >= 0.6 is 0 Å². The standard InChI is InChI=1S/C14H20FNO/c1-9(2)11-6-12(10-4-5-16-8-10)14(17-3)7-13(11)15/h6-7,9-10,16H,4-5,8H2,1-3H3. The average Bonchev–Trinajstić information content (AvgIpc) is 2.81. The summed E-state index contributed by atoms with van der Waals surface area (Å²) < 4.78 is 19.2. The minimum absolute atomic E-state index is 0.161. The van der Waals surface area contributed by atoms with Gasteiger partial charge in [0.1, 0.15) is 11.6 Å². The molecular formula is C14H20FNO. The number of hydrogen-bond acceptors (Lipinski definition) is 2. The maximum absolute atomic E-state index is 13.9. The Balaban J connectivity index is 2.43. The van der Waals surface area contributed by atoms with Crippen LogP contribution in [-0.2, 0) is 0 Å². The van der Waals surface area contributed by atoms with E-state index in [1.54, 1.807) is 7.11 Å². The molecular weight excluding hydrogens is 217 g/mol. The molecule has 1 aliphatic heterocycles. The molecule has 0 aromatic heterocycles. The first-order valence-corrected chi connectivity index (χ1v) is 6.21. The summed E-state index contributed by atoms with van der Waals surface area (Å²) in [6, 6.07) is 3.51. The van der Waals surface area contributed by atoms with Crippen molar-refractivity contribution < 1.29 is 9.13 Å². The van der Waals surface area contributed by atoms with E-state index in [-0.39, 0.29) is 11.7 Å². The van der Waals surface area contributed by atoms with Crippen molar-refractivity contribution in [2.45, 2.75) is 32.1 Å².